The van der Waals surface area contributed by atoms with Crippen molar-refractivity contribution in [3.8, 4) is 0 Å². The van der Waals surface area contributed by atoms with Crippen molar-refractivity contribution in [1.29, 1.82) is 0 Å². The fraction of sp³-hybridized carbons (Fsp3) is 0.400. The first-order chi connectivity index (χ1) is 6.59. The number of nitrogen functional groups attached to an aromatic ring is 1. The summed E-state index contributed by atoms with van der Waals surface area (Å²) < 4.78 is 0.855. The number of nitrogens with two attached hydrogens (primary N) is 1. The van der Waals surface area contributed by atoms with Crippen LogP contribution in [0.15, 0.2) is 16.6 Å². The zero-order valence-corrected chi connectivity index (χ0v) is 10.3. The summed E-state index contributed by atoms with van der Waals surface area (Å²) in [6.45, 7) is 3.27. The van der Waals surface area contributed by atoms with Crippen molar-refractivity contribution in [2.24, 2.45) is 0 Å². The minimum Gasteiger partial charge on any atom is -0.397 e. The highest BCUT2D eigenvalue weighted by Crippen LogP contribution is 2.37. The number of anilines is 2. The second kappa shape index (κ2) is 3.63. The molecule has 0 saturated carbocycles. The second-order valence-electron chi connectivity index (χ2n) is 3.66. The Morgan fingerprint density at radius 3 is 2.79 bits per heavy atom. The van der Waals surface area contributed by atoms with Gasteiger partial charge in [0, 0.05) is 17.1 Å². The van der Waals surface area contributed by atoms with Crippen LogP contribution < -0.4 is 10.6 Å². The average molecular weight is 276 g/mol. The summed E-state index contributed by atoms with van der Waals surface area (Å²) in [6.07, 6.45) is 1.23. The molecule has 14 heavy (non-hydrogen) atoms. The zero-order valence-electron chi connectivity index (χ0n) is 7.93. The molecule has 4 heteroatoms. The van der Waals surface area contributed by atoms with Gasteiger partial charge in [-0.15, -0.1) is 0 Å². The number of hydrogen-bond donors (Lipinski definition) is 1. The van der Waals surface area contributed by atoms with Gasteiger partial charge in [-0.2, -0.15) is 0 Å². The van der Waals surface area contributed by atoms with E-state index in [1.807, 2.05) is 12.1 Å². The molecule has 2 rings (SSSR count). The number of rotatable bonds is 1. The first-order valence-electron chi connectivity index (χ1n) is 4.60. The molecular weight excluding hydrogens is 263 g/mol. The predicted octanol–water partition coefficient (Wildman–Crippen LogP) is 3.28. The van der Waals surface area contributed by atoms with E-state index in [9.17, 15) is 0 Å². The van der Waals surface area contributed by atoms with Gasteiger partial charge in [0.05, 0.1) is 16.4 Å². The summed E-state index contributed by atoms with van der Waals surface area (Å²) >= 11 is 9.38. The third-order valence-electron chi connectivity index (χ3n) is 2.70. The molecule has 0 amide bonds. The maximum Gasteiger partial charge on any atom is 0.0618 e. The van der Waals surface area contributed by atoms with Crippen molar-refractivity contribution in [3.05, 3.63) is 21.6 Å². The van der Waals surface area contributed by atoms with Crippen molar-refractivity contribution >= 4 is 38.9 Å². The Bertz CT molecular complexity index is 367. The molecule has 1 aliphatic heterocycles. The Kier molecular flexibility index (Phi) is 2.62. The first-order valence-corrected chi connectivity index (χ1v) is 5.78. The lowest BCUT2D eigenvalue weighted by Gasteiger charge is -2.41. The molecule has 1 atom stereocenters. The Hall–Kier alpha value is -0.410. The Balaban J connectivity index is 2.38. The lowest BCUT2D eigenvalue weighted by molar-refractivity contribution is 0.482. The number of halogens is 2. The van der Waals surface area contributed by atoms with Crippen LogP contribution in [-0.2, 0) is 0 Å². The summed E-state index contributed by atoms with van der Waals surface area (Å²) in [5, 5.41) is 0.716. The maximum atomic E-state index is 6.03. The molecule has 0 aromatic heterocycles. The number of hydrogen-bond acceptors (Lipinski definition) is 2. The van der Waals surface area contributed by atoms with E-state index < -0.39 is 0 Å². The second-order valence-corrected chi connectivity index (χ2v) is 4.92. The van der Waals surface area contributed by atoms with Crippen molar-refractivity contribution in [2.75, 3.05) is 17.2 Å². The monoisotopic (exact) mass is 274 g/mol. The van der Waals surface area contributed by atoms with E-state index in [2.05, 4.69) is 27.8 Å². The predicted molar refractivity (Wildman–Crippen MR) is 65.0 cm³/mol. The Labute approximate surface area is 97.2 Å². The molecule has 1 aliphatic rings. The summed E-state index contributed by atoms with van der Waals surface area (Å²) in [6, 6.07) is 4.37. The van der Waals surface area contributed by atoms with Crippen LogP contribution >= 0.6 is 27.5 Å². The van der Waals surface area contributed by atoms with Gasteiger partial charge in [-0.05, 0) is 41.4 Å². The van der Waals surface area contributed by atoms with Crippen LogP contribution in [0.25, 0.3) is 0 Å². The van der Waals surface area contributed by atoms with E-state index in [1.165, 1.54) is 6.42 Å². The molecule has 1 aromatic carbocycles. The van der Waals surface area contributed by atoms with Crippen LogP contribution in [0.4, 0.5) is 11.4 Å². The molecule has 1 fully saturated rings. The molecule has 1 heterocycles. The minimum absolute atomic E-state index is 0.578. The van der Waals surface area contributed by atoms with Gasteiger partial charge in [-0.1, -0.05) is 11.6 Å². The summed E-state index contributed by atoms with van der Waals surface area (Å²) in [5.41, 5.74) is 7.77. The molecular formula is C10H12BrClN2. The van der Waals surface area contributed by atoms with Gasteiger partial charge < -0.3 is 10.6 Å². The van der Waals surface area contributed by atoms with Gasteiger partial charge in [-0.25, -0.2) is 0 Å². The lowest BCUT2D eigenvalue weighted by atomic mass is 10.0. The third-order valence-corrected chi connectivity index (χ3v) is 3.90. The van der Waals surface area contributed by atoms with Crippen molar-refractivity contribution in [3.63, 3.8) is 0 Å². The molecule has 1 aromatic rings. The normalized spacial score (nSPS) is 20.8. The van der Waals surface area contributed by atoms with Gasteiger partial charge in [0.2, 0.25) is 0 Å². The standard InChI is InChI=1S/C10H12BrClN2/c1-6-2-3-14(6)10-5-8(12)7(11)4-9(10)13/h4-6H,2-3,13H2,1H3. The minimum atomic E-state index is 0.578. The quantitative estimate of drug-likeness (QED) is 0.797. The number of benzene rings is 1. The van der Waals surface area contributed by atoms with Crippen LogP contribution in [0, 0.1) is 0 Å². The van der Waals surface area contributed by atoms with Crippen molar-refractivity contribution < 1.29 is 0 Å². The lowest BCUT2D eigenvalue weighted by Crippen LogP contribution is -2.46. The van der Waals surface area contributed by atoms with Gasteiger partial charge in [0.25, 0.3) is 0 Å². The Morgan fingerprint density at radius 1 is 1.57 bits per heavy atom. The van der Waals surface area contributed by atoms with E-state index in [0.29, 0.717) is 11.1 Å². The smallest absolute Gasteiger partial charge is 0.0618 e. The van der Waals surface area contributed by atoms with E-state index in [-0.39, 0.29) is 0 Å². The molecule has 0 radical (unpaired) electrons. The zero-order chi connectivity index (χ0) is 10.3. The summed E-state index contributed by atoms with van der Waals surface area (Å²) in [7, 11) is 0. The highest BCUT2D eigenvalue weighted by atomic mass is 79.9. The SMILES string of the molecule is CC1CCN1c1cc(Cl)c(Br)cc1N. The van der Waals surface area contributed by atoms with Crippen molar-refractivity contribution in [1.82, 2.24) is 0 Å². The molecule has 0 bridgehead atoms. The average Bonchev–Trinajstić information content (AvgIpc) is 2.12. The van der Waals surface area contributed by atoms with Gasteiger partial charge in [0.1, 0.15) is 0 Å². The van der Waals surface area contributed by atoms with E-state index >= 15 is 0 Å². The molecule has 0 spiro atoms. The van der Waals surface area contributed by atoms with Crippen LogP contribution in [0.3, 0.4) is 0 Å². The largest absolute Gasteiger partial charge is 0.397 e. The topological polar surface area (TPSA) is 29.3 Å². The van der Waals surface area contributed by atoms with E-state index in [1.54, 1.807) is 0 Å². The summed E-state index contributed by atoms with van der Waals surface area (Å²) in [5.74, 6) is 0. The van der Waals surface area contributed by atoms with Gasteiger partial charge >= 0.3 is 0 Å². The first kappa shape index (κ1) is 10.1. The Morgan fingerprint density at radius 2 is 2.29 bits per heavy atom. The van der Waals surface area contributed by atoms with Crippen LogP contribution in [0.5, 0.6) is 0 Å². The molecule has 1 unspecified atom stereocenters. The number of nitrogens with zero attached hydrogens (tertiary/aromatic N) is 1. The third kappa shape index (κ3) is 1.59. The highest BCUT2D eigenvalue weighted by Gasteiger charge is 2.25. The molecule has 2 N–H and O–H groups in total. The maximum absolute atomic E-state index is 6.03. The summed E-state index contributed by atoms with van der Waals surface area (Å²) in [4.78, 5) is 2.27. The molecule has 76 valence electrons. The molecule has 1 saturated heterocycles. The van der Waals surface area contributed by atoms with E-state index in [0.717, 1.165) is 22.4 Å². The fourth-order valence-corrected chi connectivity index (χ4v) is 2.19. The van der Waals surface area contributed by atoms with Crippen LogP contribution in [0.1, 0.15) is 13.3 Å². The van der Waals surface area contributed by atoms with Gasteiger partial charge in [0.15, 0.2) is 0 Å². The highest BCUT2D eigenvalue weighted by molar-refractivity contribution is 9.10. The van der Waals surface area contributed by atoms with Gasteiger partial charge in [-0.3, -0.25) is 0 Å². The fourth-order valence-electron chi connectivity index (χ4n) is 1.67. The van der Waals surface area contributed by atoms with Crippen LogP contribution in [-0.4, -0.2) is 12.6 Å². The van der Waals surface area contributed by atoms with Crippen molar-refractivity contribution in [2.45, 2.75) is 19.4 Å². The molecule has 2 nitrogen and oxygen atoms in total. The molecule has 0 aliphatic carbocycles. The van der Waals surface area contributed by atoms with E-state index in [4.69, 9.17) is 17.3 Å². The van der Waals surface area contributed by atoms with Crippen LogP contribution in [0.2, 0.25) is 5.02 Å².